The van der Waals surface area contributed by atoms with Gasteiger partial charge in [0.1, 0.15) is 5.82 Å². The molecule has 6 nitrogen and oxygen atoms in total. The van der Waals surface area contributed by atoms with Crippen LogP contribution in [-0.4, -0.2) is 41.8 Å². The monoisotopic (exact) mass is 553 g/mol. The summed E-state index contributed by atoms with van der Waals surface area (Å²) in [5, 5.41) is 7.05. The van der Waals surface area contributed by atoms with Gasteiger partial charge in [-0.2, -0.15) is 0 Å². The highest BCUT2D eigenvalue weighted by atomic mass is 127. The summed E-state index contributed by atoms with van der Waals surface area (Å²) < 4.78 is 7.82. The minimum Gasteiger partial charge on any atom is -0.382 e. The number of nitrogens with zero attached hydrogens (tertiary/aromatic N) is 3. The first-order valence-electron chi connectivity index (χ1n) is 11.8. The molecule has 1 aromatic heterocycles. The van der Waals surface area contributed by atoms with Gasteiger partial charge in [-0.25, -0.2) is 9.98 Å². The number of hydrogen-bond acceptors (Lipinski definition) is 3. The van der Waals surface area contributed by atoms with Crippen LogP contribution in [0.25, 0.3) is 0 Å². The molecule has 2 N–H and O–H groups in total. The van der Waals surface area contributed by atoms with Crippen molar-refractivity contribution < 1.29 is 4.74 Å². The van der Waals surface area contributed by atoms with E-state index in [9.17, 15) is 0 Å². The Balaban J connectivity index is 0.00000363. The summed E-state index contributed by atoms with van der Waals surface area (Å²) >= 11 is 0. The first-order chi connectivity index (χ1) is 15.1. The summed E-state index contributed by atoms with van der Waals surface area (Å²) in [6.45, 7) is 11.2. The van der Waals surface area contributed by atoms with Crippen molar-refractivity contribution in [2.75, 3.05) is 26.3 Å². The number of halogens is 1. The average molecular weight is 554 g/mol. The minimum absolute atomic E-state index is 0. The van der Waals surface area contributed by atoms with E-state index in [1.165, 1.54) is 36.8 Å². The van der Waals surface area contributed by atoms with E-state index in [-0.39, 0.29) is 24.0 Å². The highest BCUT2D eigenvalue weighted by molar-refractivity contribution is 14.0. The Hall–Kier alpha value is -1.61. The van der Waals surface area contributed by atoms with Crippen molar-refractivity contribution in [3.8, 4) is 0 Å². The Labute approximate surface area is 210 Å². The maximum atomic E-state index is 5.66. The highest BCUT2D eigenvalue weighted by Gasteiger charge is 2.33. The predicted octanol–water partition coefficient (Wildman–Crippen LogP) is 4.90. The molecular weight excluding hydrogens is 513 g/mol. The molecule has 1 heterocycles. The first kappa shape index (κ1) is 26.6. The third-order valence-corrected chi connectivity index (χ3v) is 6.31. The van der Waals surface area contributed by atoms with E-state index in [0.29, 0.717) is 12.0 Å². The molecule has 2 aromatic rings. The SMILES string of the molecule is CCNC(=NCc1cccc(Cn2ccnc2C)c1)NCC1(CCOCC)CCCC1.I. The van der Waals surface area contributed by atoms with Crippen LogP contribution < -0.4 is 10.6 Å². The molecule has 0 unspecified atom stereocenters. The summed E-state index contributed by atoms with van der Waals surface area (Å²) in [6.07, 6.45) is 10.2. The lowest BCUT2D eigenvalue weighted by atomic mass is 9.83. The number of aryl methyl sites for hydroxylation is 1. The van der Waals surface area contributed by atoms with Crippen LogP contribution in [-0.2, 0) is 17.8 Å². The molecule has 178 valence electrons. The van der Waals surface area contributed by atoms with Gasteiger partial charge in [0, 0.05) is 45.2 Å². The zero-order valence-electron chi connectivity index (χ0n) is 19.9. The normalized spacial score (nSPS) is 15.4. The second kappa shape index (κ2) is 13.8. The van der Waals surface area contributed by atoms with E-state index >= 15 is 0 Å². The number of hydrogen-bond donors (Lipinski definition) is 2. The van der Waals surface area contributed by atoms with Crippen LogP contribution in [0.5, 0.6) is 0 Å². The third kappa shape index (κ3) is 8.06. The van der Waals surface area contributed by atoms with Gasteiger partial charge in [0.15, 0.2) is 5.96 Å². The number of rotatable bonds is 11. The fourth-order valence-electron chi connectivity index (χ4n) is 4.45. The molecule has 0 spiro atoms. The second-order valence-electron chi connectivity index (χ2n) is 8.63. The summed E-state index contributed by atoms with van der Waals surface area (Å²) in [4.78, 5) is 9.19. The van der Waals surface area contributed by atoms with Gasteiger partial charge in [0.05, 0.1) is 6.54 Å². The maximum absolute atomic E-state index is 5.66. The zero-order valence-corrected chi connectivity index (χ0v) is 22.2. The van der Waals surface area contributed by atoms with E-state index in [1.807, 2.05) is 19.3 Å². The van der Waals surface area contributed by atoms with Crippen LogP contribution >= 0.6 is 24.0 Å². The van der Waals surface area contributed by atoms with Crippen molar-refractivity contribution in [3.05, 3.63) is 53.6 Å². The molecule has 1 aliphatic rings. The Bertz CT molecular complexity index is 829. The van der Waals surface area contributed by atoms with E-state index in [4.69, 9.17) is 9.73 Å². The molecule has 0 radical (unpaired) electrons. The number of imidazole rings is 1. The Kier molecular flexibility index (Phi) is 11.5. The van der Waals surface area contributed by atoms with Crippen molar-refractivity contribution in [1.82, 2.24) is 20.2 Å². The van der Waals surface area contributed by atoms with Crippen molar-refractivity contribution >= 4 is 29.9 Å². The van der Waals surface area contributed by atoms with Gasteiger partial charge < -0.3 is 19.9 Å². The Morgan fingerprint density at radius 2 is 1.97 bits per heavy atom. The molecular formula is C25H40IN5O. The van der Waals surface area contributed by atoms with Crippen LogP contribution in [0.1, 0.15) is 62.9 Å². The predicted molar refractivity (Wildman–Crippen MR) is 143 cm³/mol. The molecule has 1 saturated carbocycles. The maximum Gasteiger partial charge on any atom is 0.191 e. The fraction of sp³-hybridized carbons (Fsp3) is 0.600. The third-order valence-electron chi connectivity index (χ3n) is 6.31. The van der Waals surface area contributed by atoms with Crippen molar-refractivity contribution in [3.63, 3.8) is 0 Å². The number of aromatic nitrogens is 2. The van der Waals surface area contributed by atoms with E-state index in [0.717, 1.165) is 51.1 Å². The summed E-state index contributed by atoms with van der Waals surface area (Å²) in [7, 11) is 0. The lowest BCUT2D eigenvalue weighted by molar-refractivity contribution is 0.105. The largest absolute Gasteiger partial charge is 0.382 e. The number of aliphatic imine (C=N–C) groups is 1. The van der Waals surface area contributed by atoms with E-state index in [2.05, 4.69) is 58.3 Å². The van der Waals surface area contributed by atoms with Gasteiger partial charge in [0.25, 0.3) is 0 Å². The first-order valence-corrected chi connectivity index (χ1v) is 11.8. The van der Waals surface area contributed by atoms with Gasteiger partial charge in [-0.05, 0) is 56.6 Å². The molecule has 0 aliphatic heterocycles. The number of nitrogens with one attached hydrogen (secondary N) is 2. The van der Waals surface area contributed by atoms with Crippen molar-refractivity contribution in [2.45, 2.75) is 66.0 Å². The highest BCUT2D eigenvalue weighted by Crippen LogP contribution is 2.40. The van der Waals surface area contributed by atoms with Gasteiger partial charge in [-0.1, -0.05) is 37.1 Å². The number of guanidine groups is 1. The van der Waals surface area contributed by atoms with Crippen molar-refractivity contribution in [2.24, 2.45) is 10.4 Å². The molecule has 0 amide bonds. The Morgan fingerprint density at radius 1 is 1.19 bits per heavy atom. The lowest BCUT2D eigenvalue weighted by Crippen LogP contribution is -2.43. The lowest BCUT2D eigenvalue weighted by Gasteiger charge is -2.30. The summed E-state index contributed by atoms with van der Waals surface area (Å²) in [5.74, 6) is 1.94. The molecule has 0 saturated heterocycles. The van der Waals surface area contributed by atoms with Gasteiger partial charge in [-0.15, -0.1) is 24.0 Å². The standard InChI is InChI=1S/C25H39N5O.HI/c1-4-26-24(29-20-25(11-6-7-12-25)13-16-31-5-2)28-18-22-9-8-10-23(17-22)19-30-15-14-27-21(30)3;/h8-10,14-15,17H,4-7,11-13,16,18-20H2,1-3H3,(H2,26,28,29);1H. The zero-order chi connectivity index (χ0) is 21.9. The molecule has 1 aliphatic carbocycles. The molecule has 7 heteroatoms. The summed E-state index contributed by atoms with van der Waals surface area (Å²) in [6, 6.07) is 8.68. The molecule has 3 rings (SSSR count). The smallest absolute Gasteiger partial charge is 0.191 e. The average Bonchev–Trinajstić information content (AvgIpc) is 3.40. The molecule has 1 aromatic carbocycles. The van der Waals surface area contributed by atoms with Gasteiger partial charge in [0.2, 0.25) is 0 Å². The minimum atomic E-state index is 0. The van der Waals surface area contributed by atoms with Gasteiger partial charge >= 0.3 is 0 Å². The van der Waals surface area contributed by atoms with E-state index < -0.39 is 0 Å². The van der Waals surface area contributed by atoms with Crippen molar-refractivity contribution in [1.29, 1.82) is 0 Å². The summed E-state index contributed by atoms with van der Waals surface area (Å²) in [5.41, 5.74) is 2.83. The van der Waals surface area contributed by atoms with Crippen LogP contribution in [0.4, 0.5) is 0 Å². The molecule has 1 fully saturated rings. The molecule has 32 heavy (non-hydrogen) atoms. The molecule has 0 atom stereocenters. The van der Waals surface area contributed by atoms with Crippen LogP contribution in [0, 0.1) is 12.3 Å². The molecule has 0 bridgehead atoms. The second-order valence-corrected chi connectivity index (χ2v) is 8.63. The van der Waals surface area contributed by atoms with Crippen LogP contribution in [0.3, 0.4) is 0 Å². The number of ether oxygens (including phenoxy) is 1. The van der Waals surface area contributed by atoms with Gasteiger partial charge in [-0.3, -0.25) is 0 Å². The number of benzene rings is 1. The topological polar surface area (TPSA) is 63.5 Å². The van der Waals surface area contributed by atoms with Crippen LogP contribution in [0.15, 0.2) is 41.7 Å². The van der Waals surface area contributed by atoms with E-state index in [1.54, 1.807) is 0 Å². The quantitative estimate of drug-likeness (QED) is 0.180. The fourth-order valence-corrected chi connectivity index (χ4v) is 4.45. The van der Waals surface area contributed by atoms with Crippen LogP contribution in [0.2, 0.25) is 0 Å². The Morgan fingerprint density at radius 3 is 2.66 bits per heavy atom.